The molecule has 1 saturated heterocycles. The van der Waals surface area contributed by atoms with Gasteiger partial charge in [0.1, 0.15) is 0 Å². The molecule has 1 amide bonds. The van der Waals surface area contributed by atoms with Gasteiger partial charge < -0.3 is 10.1 Å². The smallest absolute Gasteiger partial charge is 0.252 e. The minimum atomic E-state index is -0.0465. The van der Waals surface area contributed by atoms with Crippen LogP contribution in [0, 0.1) is 13.8 Å². The van der Waals surface area contributed by atoms with Crippen molar-refractivity contribution in [1.29, 1.82) is 0 Å². The monoisotopic (exact) mass is 389 g/mol. The molecule has 0 aliphatic carbocycles. The number of morpholine rings is 1. The van der Waals surface area contributed by atoms with Gasteiger partial charge in [0.15, 0.2) is 0 Å². The predicted octanol–water partition coefficient (Wildman–Crippen LogP) is 3.58. The van der Waals surface area contributed by atoms with Gasteiger partial charge in [-0.25, -0.2) is 0 Å². The quantitative estimate of drug-likeness (QED) is 0.725. The second kappa shape index (κ2) is 8.72. The van der Waals surface area contributed by atoms with Gasteiger partial charge in [-0.2, -0.15) is 0 Å². The van der Waals surface area contributed by atoms with E-state index < -0.39 is 0 Å². The van der Waals surface area contributed by atoms with E-state index in [1.165, 1.54) is 5.56 Å². The first-order valence-corrected chi connectivity index (χ1v) is 10.2. The fourth-order valence-corrected chi connectivity index (χ4v) is 3.78. The van der Waals surface area contributed by atoms with Gasteiger partial charge in [-0.15, -0.1) is 0 Å². The van der Waals surface area contributed by atoms with Crippen LogP contribution in [0.4, 0.5) is 0 Å². The van der Waals surface area contributed by atoms with Gasteiger partial charge in [0.2, 0.25) is 0 Å². The molecule has 1 aliphatic rings. The molecule has 29 heavy (non-hydrogen) atoms. The van der Waals surface area contributed by atoms with Crippen LogP contribution in [-0.2, 0) is 4.74 Å². The lowest BCUT2D eigenvalue weighted by Crippen LogP contribution is -2.41. The Morgan fingerprint density at radius 3 is 2.62 bits per heavy atom. The minimum Gasteiger partial charge on any atom is -0.379 e. The molecule has 2 aromatic carbocycles. The molecular weight excluding hydrogens is 362 g/mol. The molecule has 1 aromatic heterocycles. The van der Waals surface area contributed by atoms with Crippen molar-refractivity contribution in [2.24, 2.45) is 0 Å². The molecule has 0 atom stereocenters. The average Bonchev–Trinajstić information content (AvgIpc) is 2.74. The molecule has 4 rings (SSSR count). The van der Waals surface area contributed by atoms with Crippen molar-refractivity contribution in [3.63, 3.8) is 0 Å². The number of rotatable bonds is 5. The van der Waals surface area contributed by atoms with E-state index in [1.54, 1.807) is 0 Å². The van der Waals surface area contributed by atoms with Gasteiger partial charge in [0, 0.05) is 42.8 Å². The first-order chi connectivity index (χ1) is 14.1. The molecule has 0 spiro atoms. The Balaban J connectivity index is 1.60. The number of para-hydroxylation sites is 1. The number of ether oxygens (including phenoxy) is 1. The Hall–Kier alpha value is -2.76. The molecule has 150 valence electrons. The number of pyridine rings is 1. The molecule has 3 aromatic rings. The van der Waals surface area contributed by atoms with Gasteiger partial charge >= 0.3 is 0 Å². The Labute approximate surface area is 171 Å². The zero-order valence-corrected chi connectivity index (χ0v) is 17.1. The number of carbonyl (C=O) groups excluding carboxylic acids is 1. The summed E-state index contributed by atoms with van der Waals surface area (Å²) in [4.78, 5) is 20.0. The van der Waals surface area contributed by atoms with Crippen molar-refractivity contribution in [3.05, 3.63) is 65.4 Å². The van der Waals surface area contributed by atoms with Crippen LogP contribution < -0.4 is 5.32 Å². The van der Waals surface area contributed by atoms with E-state index in [0.717, 1.165) is 60.6 Å². The highest BCUT2D eigenvalue weighted by Crippen LogP contribution is 2.29. The summed E-state index contributed by atoms with van der Waals surface area (Å²) in [6.45, 7) is 8.86. The third-order valence-corrected chi connectivity index (χ3v) is 5.39. The zero-order chi connectivity index (χ0) is 20.2. The van der Waals surface area contributed by atoms with Crippen LogP contribution in [0.25, 0.3) is 22.0 Å². The maximum atomic E-state index is 13.0. The summed E-state index contributed by atoms with van der Waals surface area (Å²) in [7, 11) is 0. The van der Waals surface area contributed by atoms with E-state index in [4.69, 9.17) is 9.72 Å². The number of amides is 1. The van der Waals surface area contributed by atoms with Crippen molar-refractivity contribution in [2.45, 2.75) is 13.8 Å². The van der Waals surface area contributed by atoms with E-state index in [9.17, 15) is 4.79 Å². The number of nitrogens with zero attached hydrogens (tertiary/aromatic N) is 2. The van der Waals surface area contributed by atoms with Crippen LogP contribution in [0.3, 0.4) is 0 Å². The number of fused-ring (bicyclic) bond motifs is 1. The molecule has 5 heteroatoms. The summed E-state index contributed by atoms with van der Waals surface area (Å²) >= 11 is 0. The molecule has 1 N–H and O–H groups in total. The summed E-state index contributed by atoms with van der Waals surface area (Å²) in [5.74, 6) is -0.0465. The molecular formula is C24H27N3O2. The highest BCUT2D eigenvalue weighted by Gasteiger charge is 2.16. The summed E-state index contributed by atoms with van der Waals surface area (Å²) in [5, 5.41) is 3.97. The molecule has 0 bridgehead atoms. The van der Waals surface area contributed by atoms with Crippen LogP contribution >= 0.6 is 0 Å². The summed E-state index contributed by atoms with van der Waals surface area (Å²) < 4.78 is 5.38. The number of nitrogens with one attached hydrogen (secondary N) is 1. The standard InChI is InChI=1S/C24H27N3O2/c1-17-6-8-19(9-7-17)20-4-3-5-21-22(16-18(2)26-23(20)21)24(28)25-10-11-27-12-14-29-15-13-27/h3-9,16H,10-15H2,1-2H3,(H,25,28). The minimum absolute atomic E-state index is 0.0465. The van der Waals surface area contributed by atoms with Gasteiger partial charge in [-0.05, 0) is 25.5 Å². The fourth-order valence-electron chi connectivity index (χ4n) is 3.78. The number of aromatic nitrogens is 1. The lowest BCUT2D eigenvalue weighted by molar-refractivity contribution is 0.0383. The van der Waals surface area contributed by atoms with Gasteiger partial charge in [-0.1, -0.05) is 48.0 Å². The van der Waals surface area contributed by atoms with Gasteiger partial charge in [0.25, 0.3) is 5.91 Å². The number of hydrogen-bond donors (Lipinski definition) is 1. The fraction of sp³-hybridized carbons (Fsp3) is 0.333. The Morgan fingerprint density at radius 1 is 1.10 bits per heavy atom. The van der Waals surface area contributed by atoms with E-state index in [-0.39, 0.29) is 5.91 Å². The van der Waals surface area contributed by atoms with Crippen molar-refractivity contribution in [1.82, 2.24) is 15.2 Å². The predicted molar refractivity (Wildman–Crippen MR) is 116 cm³/mol. The SMILES string of the molecule is Cc1ccc(-c2cccc3c(C(=O)NCCN4CCOCC4)cc(C)nc23)cc1. The second-order valence-electron chi connectivity index (χ2n) is 7.59. The summed E-state index contributed by atoms with van der Waals surface area (Å²) in [6, 6.07) is 16.3. The lowest BCUT2D eigenvalue weighted by atomic mass is 9.98. The third kappa shape index (κ3) is 4.47. The van der Waals surface area contributed by atoms with Crippen molar-refractivity contribution in [3.8, 4) is 11.1 Å². The highest BCUT2D eigenvalue weighted by molar-refractivity contribution is 6.09. The summed E-state index contributed by atoms with van der Waals surface area (Å²) in [5.41, 5.74) is 5.78. The molecule has 0 unspecified atom stereocenters. The maximum absolute atomic E-state index is 13.0. The molecule has 1 fully saturated rings. The molecule has 1 aliphatic heterocycles. The third-order valence-electron chi connectivity index (χ3n) is 5.39. The topological polar surface area (TPSA) is 54.5 Å². The Kier molecular flexibility index (Phi) is 5.88. The van der Waals surface area contributed by atoms with Gasteiger partial charge in [-0.3, -0.25) is 14.7 Å². The Morgan fingerprint density at radius 2 is 1.86 bits per heavy atom. The highest BCUT2D eigenvalue weighted by atomic mass is 16.5. The van der Waals surface area contributed by atoms with Crippen molar-refractivity contribution >= 4 is 16.8 Å². The molecule has 0 radical (unpaired) electrons. The van der Waals surface area contributed by atoms with Crippen LogP contribution in [-0.4, -0.2) is 55.2 Å². The van der Waals surface area contributed by atoms with Crippen LogP contribution in [0.1, 0.15) is 21.6 Å². The van der Waals surface area contributed by atoms with E-state index in [1.807, 2.05) is 25.1 Å². The van der Waals surface area contributed by atoms with E-state index in [0.29, 0.717) is 12.1 Å². The van der Waals surface area contributed by atoms with Crippen LogP contribution in [0.2, 0.25) is 0 Å². The second-order valence-corrected chi connectivity index (χ2v) is 7.59. The lowest BCUT2D eigenvalue weighted by Gasteiger charge is -2.26. The number of carbonyl (C=O) groups is 1. The first kappa shape index (κ1) is 19.6. The normalized spacial score (nSPS) is 14.8. The molecule has 2 heterocycles. The number of benzene rings is 2. The summed E-state index contributed by atoms with van der Waals surface area (Å²) in [6.07, 6.45) is 0. The van der Waals surface area contributed by atoms with Crippen molar-refractivity contribution in [2.75, 3.05) is 39.4 Å². The molecule has 0 saturated carbocycles. The van der Waals surface area contributed by atoms with Crippen molar-refractivity contribution < 1.29 is 9.53 Å². The maximum Gasteiger partial charge on any atom is 0.252 e. The van der Waals surface area contributed by atoms with Crippen LogP contribution in [0.15, 0.2) is 48.5 Å². The number of hydrogen-bond acceptors (Lipinski definition) is 4. The van der Waals surface area contributed by atoms with Gasteiger partial charge in [0.05, 0.1) is 24.3 Å². The molecule has 5 nitrogen and oxygen atoms in total. The largest absolute Gasteiger partial charge is 0.379 e. The average molecular weight is 389 g/mol. The Bertz CT molecular complexity index is 1010. The first-order valence-electron chi connectivity index (χ1n) is 10.2. The number of aryl methyl sites for hydroxylation is 2. The zero-order valence-electron chi connectivity index (χ0n) is 17.1. The van der Waals surface area contributed by atoms with Crippen LogP contribution in [0.5, 0.6) is 0 Å². The van der Waals surface area contributed by atoms with E-state index in [2.05, 4.69) is 47.5 Å². The van der Waals surface area contributed by atoms with E-state index >= 15 is 0 Å².